The predicted octanol–water partition coefficient (Wildman–Crippen LogP) is 2.73. The molecule has 0 radical (unpaired) electrons. The van der Waals surface area contributed by atoms with Crippen molar-refractivity contribution in [3.8, 4) is 0 Å². The van der Waals surface area contributed by atoms with Crippen molar-refractivity contribution >= 4 is 11.0 Å². The fourth-order valence-electron chi connectivity index (χ4n) is 2.19. The number of rotatable bonds is 4. The minimum Gasteiger partial charge on any atom is -0.331 e. The molecule has 1 aromatic heterocycles. The second-order valence-corrected chi connectivity index (χ2v) is 5.37. The van der Waals surface area contributed by atoms with Gasteiger partial charge in [-0.05, 0) is 37.1 Å². The van der Waals surface area contributed by atoms with Gasteiger partial charge in [0.05, 0.1) is 11.0 Å². The van der Waals surface area contributed by atoms with Crippen molar-refractivity contribution in [3.63, 3.8) is 0 Å². The van der Waals surface area contributed by atoms with Crippen LogP contribution >= 0.6 is 0 Å². The zero-order valence-electron chi connectivity index (χ0n) is 12.0. The molecule has 2 rings (SSSR count). The van der Waals surface area contributed by atoms with Gasteiger partial charge in [-0.2, -0.15) is 0 Å². The number of fused-ring (bicyclic) bond motifs is 1. The second kappa shape index (κ2) is 5.11. The summed E-state index contributed by atoms with van der Waals surface area (Å²) in [4.78, 5) is 4.73. The maximum absolute atomic E-state index is 4.73. The van der Waals surface area contributed by atoms with Crippen molar-refractivity contribution in [3.05, 3.63) is 29.1 Å². The number of nitrogens with one attached hydrogen (secondary N) is 1. The molecule has 0 aliphatic carbocycles. The molecule has 1 heterocycles. The van der Waals surface area contributed by atoms with Crippen LogP contribution in [-0.4, -0.2) is 22.1 Å². The van der Waals surface area contributed by atoms with Crippen molar-refractivity contribution in [2.45, 2.75) is 40.2 Å². The van der Waals surface area contributed by atoms with Crippen molar-refractivity contribution in [2.24, 2.45) is 7.05 Å². The average molecular weight is 245 g/mol. The summed E-state index contributed by atoms with van der Waals surface area (Å²) in [6, 6.07) is 4.95. The van der Waals surface area contributed by atoms with Gasteiger partial charge in [-0.3, -0.25) is 0 Å². The van der Waals surface area contributed by atoms with Crippen LogP contribution in [0.4, 0.5) is 0 Å². The van der Waals surface area contributed by atoms with Gasteiger partial charge in [0.15, 0.2) is 0 Å². The second-order valence-electron chi connectivity index (χ2n) is 5.37. The van der Waals surface area contributed by atoms with Gasteiger partial charge in [-0.25, -0.2) is 4.98 Å². The number of aryl methyl sites for hydroxylation is 3. The summed E-state index contributed by atoms with van der Waals surface area (Å²) in [6.45, 7) is 9.61. The van der Waals surface area contributed by atoms with Crippen LogP contribution in [0.25, 0.3) is 11.0 Å². The van der Waals surface area contributed by atoms with Gasteiger partial charge < -0.3 is 9.88 Å². The number of nitrogens with zero attached hydrogens (tertiary/aromatic N) is 2. The van der Waals surface area contributed by atoms with E-state index in [9.17, 15) is 0 Å². The highest BCUT2D eigenvalue weighted by molar-refractivity contribution is 5.78. The van der Waals surface area contributed by atoms with Gasteiger partial charge in [-0.15, -0.1) is 0 Å². The van der Waals surface area contributed by atoms with E-state index in [2.05, 4.69) is 56.8 Å². The van der Waals surface area contributed by atoms with E-state index in [-0.39, 0.29) is 0 Å². The third-order valence-corrected chi connectivity index (χ3v) is 3.49. The standard InChI is InChI=1S/C15H23N3/c1-10(2)16-7-6-15-17-13-8-11(3)12(4)9-14(13)18(15)5/h8-10,16H,6-7H2,1-5H3. The molecule has 1 aromatic carbocycles. The molecule has 0 saturated carbocycles. The Hall–Kier alpha value is -1.35. The van der Waals surface area contributed by atoms with Gasteiger partial charge in [0.2, 0.25) is 0 Å². The molecule has 3 heteroatoms. The van der Waals surface area contributed by atoms with E-state index in [1.165, 1.54) is 16.6 Å². The lowest BCUT2D eigenvalue weighted by Gasteiger charge is -2.07. The van der Waals surface area contributed by atoms with Gasteiger partial charge in [0, 0.05) is 26.1 Å². The third-order valence-electron chi connectivity index (χ3n) is 3.49. The average Bonchev–Trinajstić information content (AvgIpc) is 2.57. The van der Waals surface area contributed by atoms with Crippen molar-refractivity contribution in [1.29, 1.82) is 0 Å². The normalized spacial score (nSPS) is 11.7. The summed E-state index contributed by atoms with van der Waals surface area (Å²) in [5, 5.41) is 3.43. The Morgan fingerprint density at radius 1 is 1.22 bits per heavy atom. The topological polar surface area (TPSA) is 29.9 Å². The molecule has 3 nitrogen and oxygen atoms in total. The maximum Gasteiger partial charge on any atom is 0.110 e. The van der Waals surface area contributed by atoms with Crippen LogP contribution in [0.1, 0.15) is 30.8 Å². The van der Waals surface area contributed by atoms with Crippen LogP contribution in [0.5, 0.6) is 0 Å². The van der Waals surface area contributed by atoms with E-state index in [0.29, 0.717) is 6.04 Å². The van der Waals surface area contributed by atoms with Gasteiger partial charge in [-0.1, -0.05) is 13.8 Å². The molecule has 2 aromatic rings. The van der Waals surface area contributed by atoms with Crippen molar-refractivity contribution in [2.75, 3.05) is 6.54 Å². The highest BCUT2D eigenvalue weighted by Crippen LogP contribution is 2.19. The maximum atomic E-state index is 4.73. The minimum atomic E-state index is 0.532. The van der Waals surface area contributed by atoms with Crippen LogP contribution in [0, 0.1) is 13.8 Å². The molecular weight excluding hydrogens is 222 g/mol. The molecule has 0 bridgehead atoms. The van der Waals surface area contributed by atoms with Gasteiger partial charge in [0.1, 0.15) is 5.82 Å². The Balaban J connectivity index is 2.27. The highest BCUT2D eigenvalue weighted by Gasteiger charge is 2.08. The number of imidazole rings is 1. The molecule has 0 amide bonds. The molecule has 0 fully saturated rings. The lowest BCUT2D eigenvalue weighted by atomic mass is 10.1. The quantitative estimate of drug-likeness (QED) is 0.897. The van der Waals surface area contributed by atoms with Crippen LogP contribution in [0.2, 0.25) is 0 Å². The smallest absolute Gasteiger partial charge is 0.110 e. The first-order chi connectivity index (χ1) is 8.49. The molecular formula is C15H23N3. The Morgan fingerprint density at radius 3 is 2.56 bits per heavy atom. The monoisotopic (exact) mass is 245 g/mol. The molecule has 0 unspecified atom stereocenters. The number of aromatic nitrogens is 2. The summed E-state index contributed by atoms with van der Waals surface area (Å²) < 4.78 is 2.21. The fourth-order valence-corrected chi connectivity index (χ4v) is 2.19. The first kappa shape index (κ1) is 13.1. The molecule has 0 saturated heterocycles. The van der Waals surface area contributed by atoms with E-state index in [1.54, 1.807) is 0 Å². The van der Waals surface area contributed by atoms with E-state index < -0.39 is 0 Å². The van der Waals surface area contributed by atoms with Crippen LogP contribution in [0.3, 0.4) is 0 Å². The number of hydrogen-bond acceptors (Lipinski definition) is 2. The number of benzene rings is 1. The molecule has 0 aliphatic rings. The predicted molar refractivity (Wildman–Crippen MR) is 77.0 cm³/mol. The van der Waals surface area contributed by atoms with E-state index >= 15 is 0 Å². The summed E-state index contributed by atoms with van der Waals surface area (Å²) in [6.07, 6.45) is 0.974. The number of hydrogen-bond donors (Lipinski definition) is 1. The van der Waals surface area contributed by atoms with E-state index in [1.807, 2.05) is 0 Å². The Morgan fingerprint density at radius 2 is 1.89 bits per heavy atom. The third kappa shape index (κ3) is 2.56. The Kier molecular flexibility index (Phi) is 3.71. The van der Waals surface area contributed by atoms with E-state index in [4.69, 9.17) is 4.98 Å². The van der Waals surface area contributed by atoms with E-state index in [0.717, 1.165) is 24.3 Å². The molecule has 0 aliphatic heterocycles. The summed E-state index contributed by atoms with van der Waals surface area (Å²) >= 11 is 0. The van der Waals surface area contributed by atoms with Crippen LogP contribution < -0.4 is 5.32 Å². The lowest BCUT2D eigenvalue weighted by molar-refractivity contribution is 0.578. The van der Waals surface area contributed by atoms with Crippen molar-refractivity contribution < 1.29 is 0 Å². The zero-order valence-corrected chi connectivity index (χ0v) is 12.0. The first-order valence-electron chi connectivity index (χ1n) is 6.65. The van der Waals surface area contributed by atoms with Gasteiger partial charge >= 0.3 is 0 Å². The largest absolute Gasteiger partial charge is 0.331 e. The summed E-state index contributed by atoms with van der Waals surface area (Å²) in [5.74, 6) is 1.16. The molecule has 0 atom stereocenters. The molecule has 98 valence electrons. The SMILES string of the molecule is Cc1cc2nc(CCNC(C)C)n(C)c2cc1C. The zero-order chi connectivity index (χ0) is 13.3. The highest BCUT2D eigenvalue weighted by atomic mass is 15.1. The fraction of sp³-hybridized carbons (Fsp3) is 0.533. The molecule has 18 heavy (non-hydrogen) atoms. The van der Waals surface area contributed by atoms with Gasteiger partial charge in [0.25, 0.3) is 0 Å². The van der Waals surface area contributed by atoms with Crippen molar-refractivity contribution in [1.82, 2.24) is 14.9 Å². The Labute approximate surface area is 109 Å². The molecule has 1 N–H and O–H groups in total. The minimum absolute atomic E-state index is 0.532. The van der Waals surface area contributed by atoms with Crippen LogP contribution in [0.15, 0.2) is 12.1 Å². The molecule has 0 spiro atoms. The first-order valence-corrected chi connectivity index (χ1v) is 6.65. The lowest BCUT2D eigenvalue weighted by Crippen LogP contribution is -2.25. The summed E-state index contributed by atoms with van der Waals surface area (Å²) in [7, 11) is 2.11. The Bertz CT molecular complexity index is 552. The summed E-state index contributed by atoms with van der Waals surface area (Å²) in [5.41, 5.74) is 4.99. The van der Waals surface area contributed by atoms with Crippen LogP contribution in [-0.2, 0) is 13.5 Å².